The molecular weight excluding hydrogens is 298 g/mol. The lowest BCUT2D eigenvalue weighted by Crippen LogP contribution is -2.22. The van der Waals surface area contributed by atoms with Gasteiger partial charge in [0.25, 0.3) is 5.91 Å². The molecule has 0 saturated carbocycles. The Morgan fingerprint density at radius 1 is 1.14 bits per heavy atom. The van der Waals surface area contributed by atoms with E-state index in [2.05, 4.69) is 19.2 Å². The van der Waals surface area contributed by atoms with Crippen molar-refractivity contribution in [3.8, 4) is 0 Å². The van der Waals surface area contributed by atoms with Crippen molar-refractivity contribution >= 4 is 34.2 Å². The van der Waals surface area contributed by atoms with Crippen LogP contribution in [-0.4, -0.2) is 24.3 Å². The highest BCUT2D eigenvalue weighted by Gasteiger charge is 2.09. The number of nitrogens with one attached hydrogen (secondary N) is 1. The van der Waals surface area contributed by atoms with Gasteiger partial charge in [0.1, 0.15) is 11.0 Å². The number of fused-ring (bicyclic) bond motifs is 2. The fourth-order valence-corrected chi connectivity index (χ4v) is 2.79. The van der Waals surface area contributed by atoms with E-state index in [4.69, 9.17) is 0 Å². The smallest absolute Gasteiger partial charge is 0.251 e. The Bertz CT molecular complexity index is 941. The van der Waals surface area contributed by atoms with E-state index >= 15 is 0 Å². The summed E-state index contributed by atoms with van der Waals surface area (Å²) >= 11 is 1.14. The number of pyridine rings is 1. The molecular formula is C15H11N5OS. The maximum atomic E-state index is 12.2. The van der Waals surface area contributed by atoms with Crippen LogP contribution in [0.5, 0.6) is 0 Å². The van der Waals surface area contributed by atoms with Crippen molar-refractivity contribution in [1.82, 2.24) is 23.7 Å². The van der Waals surface area contributed by atoms with Crippen LogP contribution in [0.15, 0.2) is 48.7 Å². The van der Waals surface area contributed by atoms with Gasteiger partial charge < -0.3 is 5.32 Å². The first-order valence-corrected chi connectivity index (χ1v) is 7.46. The molecule has 4 rings (SSSR count). The van der Waals surface area contributed by atoms with Gasteiger partial charge in [-0.1, -0.05) is 6.07 Å². The Balaban J connectivity index is 1.51. The third kappa shape index (κ3) is 2.31. The highest BCUT2D eigenvalue weighted by molar-refractivity contribution is 7.00. The summed E-state index contributed by atoms with van der Waals surface area (Å²) in [4.78, 5) is 12.2. The largest absolute Gasteiger partial charge is 0.346 e. The van der Waals surface area contributed by atoms with Crippen molar-refractivity contribution in [2.45, 2.75) is 6.54 Å². The van der Waals surface area contributed by atoms with Crippen molar-refractivity contribution in [2.75, 3.05) is 0 Å². The Hall–Kier alpha value is -2.80. The van der Waals surface area contributed by atoms with Crippen molar-refractivity contribution < 1.29 is 4.79 Å². The van der Waals surface area contributed by atoms with Crippen LogP contribution in [-0.2, 0) is 6.54 Å². The fraction of sp³-hybridized carbons (Fsp3) is 0.0667. The molecule has 22 heavy (non-hydrogen) atoms. The average molecular weight is 309 g/mol. The predicted molar refractivity (Wildman–Crippen MR) is 83.8 cm³/mol. The first-order chi connectivity index (χ1) is 10.8. The summed E-state index contributed by atoms with van der Waals surface area (Å²) in [6.07, 6.45) is 1.88. The van der Waals surface area contributed by atoms with Gasteiger partial charge in [0.2, 0.25) is 0 Å². The van der Waals surface area contributed by atoms with Crippen molar-refractivity contribution in [3.63, 3.8) is 0 Å². The van der Waals surface area contributed by atoms with Crippen LogP contribution in [0, 0.1) is 0 Å². The molecule has 0 atom stereocenters. The molecule has 108 valence electrons. The predicted octanol–water partition coefficient (Wildman–Crippen LogP) is 2.27. The third-order valence-electron chi connectivity index (χ3n) is 3.37. The molecule has 0 unspecified atom stereocenters. The molecule has 6 nitrogen and oxygen atoms in total. The Labute approximate surface area is 129 Å². The summed E-state index contributed by atoms with van der Waals surface area (Å²) in [5.74, 6) is -0.146. The molecule has 0 aliphatic heterocycles. The first kappa shape index (κ1) is 12.9. The lowest BCUT2D eigenvalue weighted by atomic mass is 10.2. The maximum absolute atomic E-state index is 12.2. The van der Waals surface area contributed by atoms with Crippen LogP contribution in [0.4, 0.5) is 0 Å². The molecule has 1 N–H and O–H groups in total. The van der Waals surface area contributed by atoms with E-state index in [9.17, 15) is 4.79 Å². The molecule has 0 radical (unpaired) electrons. The molecule has 0 fully saturated rings. The molecule has 0 bridgehead atoms. The van der Waals surface area contributed by atoms with E-state index < -0.39 is 0 Å². The Morgan fingerprint density at radius 3 is 2.95 bits per heavy atom. The zero-order valence-corrected chi connectivity index (χ0v) is 12.2. The molecule has 4 aromatic rings. The summed E-state index contributed by atoms with van der Waals surface area (Å²) in [5, 5.41) is 7.27. The number of rotatable bonds is 3. The lowest BCUT2D eigenvalue weighted by Gasteiger charge is -2.02. The quantitative estimate of drug-likeness (QED) is 0.630. The van der Waals surface area contributed by atoms with Crippen molar-refractivity contribution in [3.05, 3.63) is 59.9 Å². The number of benzene rings is 1. The monoisotopic (exact) mass is 309 g/mol. The molecule has 1 aromatic carbocycles. The van der Waals surface area contributed by atoms with Crippen LogP contribution in [0.1, 0.15) is 16.1 Å². The zero-order chi connectivity index (χ0) is 14.9. The third-order valence-corrected chi connectivity index (χ3v) is 3.92. The summed E-state index contributed by atoms with van der Waals surface area (Å²) < 4.78 is 10.1. The van der Waals surface area contributed by atoms with E-state index in [0.717, 1.165) is 34.0 Å². The van der Waals surface area contributed by atoms with Crippen LogP contribution < -0.4 is 5.32 Å². The van der Waals surface area contributed by atoms with Gasteiger partial charge in [-0.25, -0.2) is 4.52 Å². The fourth-order valence-electron chi connectivity index (χ4n) is 2.27. The number of hydrogen-bond donors (Lipinski definition) is 1. The molecule has 0 aliphatic carbocycles. The number of hydrogen-bond acceptors (Lipinski definition) is 5. The Morgan fingerprint density at radius 2 is 2.05 bits per heavy atom. The van der Waals surface area contributed by atoms with Gasteiger partial charge >= 0.3 is 0 Å². The number of carbonyl (C=O) groups excluding carboxylic acids is 1. The molecule has 0 spiro atoms. The van der Waals surface area contributed by atoms with Crippen LogP contribution in [0.25, 0.3) is 16.6 Å². The second-order valence-corrected chi connectivity index (χ2v) is 5.38. The average Bonchev–Trinajstić information content (AvgIpc) is 3.17. The van der Waals surface area contributed by atoms with E-state index in [-0.39, 0.29) is 5.91 Å². The number of nitrogens with zero attached hydrogens (tertiary/aromatic N) is 4. The minimum atomic E-state index is -0.146. The molecule has 3 heterocycles. The van der Waals surface area contributed by atoms with E-state index in [1.54, 1.807) is 22.7 Å². The normalized spacial score (nSPS) is 11.1. The van der Waals surface area contributed by atoms with E-state index in [1.165, 1.54) is 0 Å². The zero-order valence-electron chi connectivity index (χ0n) is 11.4. The SMILES string of the molecule is O=C(NCc1cc2ccccn2n1)c1ccc2nsnc2c1. The first-order valence-electron chi connectivity index (χ1n) is 6.73. The molecule has 0 aliphatic rings. The van der Waals surface area contributed by atoms with Gasteiger partial charge in [-0.3, -0.25) is 4.79 Å². The molecule has 1 amide bonds. The van der Waals surface area contributed by atoms with Crippen LogP contribution in [0.3, 0.4) is 0 Å². The highest BCUT2D eigenvalue weighted by atomic mass is 32.1. The highest BCUT2D eigenvalue weighted by Crippen LogP contribution is 2.13. The standard InChI is InChI=1S/C15H11N5OS/c21-15(10-4-5-13-14(7-10)19-22-18-13)16-9-11-8-12-3-1-2-6-20(12)17-11/h1-8H,9H2,(H,16,21). The lowest BCUT2D eigenvalue weighted by molar-refractivity contribution is 0.0950. The number of aromatic nitrogens is 4. The van der Waals surface area contributed by atoms with Gasteiger partial charge in [0, 0.05) is 11.8 Å². The van der Waals surface area contributed by atoms with Gasteiger partial charge in [-0.2, -0.15) is 13.8 Å². The summed E-state index contributed by atoms with van der Waals surface area (Å²) in [5.41, 5.74) is 3.94. The summed E-state index contributed by atoms with van der Waals surface area (Å²) in [6, 6.07) is 13.1. The molecule has 3 aromatic heterocycles. The number of carbonyl (C=O) groups is 1. The van der Waals surface area contributed by atoms with Gasteiger partial charge in [0.15, 0.2) is 0 Å². The van der Waals surface area contributed by atoms with Crippen molar-refractivity contribution in [2.24, 2.45) is 0 Å². The van der Waals surface area contributed by atoms with Crippen LogP contribution >= 0.6 is 11.7 Å². The van der Waals surface area contributed by atoms with Gasteiger partial charge in [-0.15, -0.1) is 0 Å². The van der Waals surface area contributed by atoms with E-state index in [1.807, 2.05) is 30.5 Å². The topological polar surface area (TPSA) is 72.2 Å². The minimum Gasteiger partial charge on any atom is -0.346 e. The van der Waals surface area contributed by atoms with Crippen molar-refractivity contribution in [1.29, 1.82) is 0 Å². The molecule has 0 saturated heterocycles. The van der Waals surface area contributed by atoms with E-state index in [0.29, 0.717) is 12.1 Å². The molecule has 7 heteroatoms. The second kappa shape index (κ2) is 5.19. The van der Waals surface area contributed by atoms with Gasteiger partial charge in [-0.05, 0) is 36.4 Å². The van der Waals surface area contributed by atoms with Gasteiger partial charge in [0.05, 0.1) is 29.5 Å². The maximum Gasteiger partial charge on any atom is 0.251 e. The number of amides is 1. The minimum absolute atomic E-state index is 0.146. The second-order valence-electron chi connectivity index (χ2n) is 4.86. The summed E-state index contributed by atoms with van der Waals surface area (Å²) in [7, 11) is 0. The van der Waals surface area contributed by atoms with Crippen LogP contribution in [0.2, 0.25) is 0 Å². The summed E-state index contributed by atoms with van der Waals surface area (Å²) in [6.45, 7) is 0.383. The Kier molecular flexibility index (Phi) is 3.05.